The van der Waals surface area contributed by atoms with E-state index in [0.29, 0.717) is 17.1 Å². The molecule has 3 aromatic rings. The third-order valence-electron chi connectivity index (χ3n) is 3.81. The lowest BCUT2D eigenvalue weighted by molar-refractivity contribution is -0.117. The van der Waals surface area contributed by atoms with Gasteiger partial charge in [0.25, 0.3) is 0 Å². The van der Waals surface area contributed by atoms with E-state index >= 15 is 0 Å². The predicted molar refractivity (Wildman–Crippen MR) is 101 cm³/mol. The highest BCUT2D eigenvalue weighted by Gasteiger charge is 2.09. The minimum absolute atomic E-state index is 0.252. The molecule has 2 aromatic carbocycles. The number of carbonyl (C=O) groups is 1. The van der Waals surface area contributed by atoms with Gasteiger partial charge in [-0.15, -0.1) is 0 Å². The molecule has 0 saturated carbocycles. The lowest BCUT2D eigenvalue weighted by Gasteiger charge is -2.14. The van der Waals surface area contributed by atoms with Crippen LogP contribution in [-0.4, -0.2) is 15.9 Å². The van der Waals surface area contributed by atoms with Crippen LogP contribution in [0.5, 0.6) is 11.5 Å². The summed E-state index contributed by atoms with van der Waals surface area (Å²) >= 11 is 0. The normalized spacial score (nSPS) is 11.9. The summed E-state index contributed by atoms with van der Waals surface area (Å²) in [4.78, 5) is 19.9. The van der Waals surface area contributed by atoms with Gasteiger partial charge in [-0.25, -0.2) is 14.4 Å². The van der Waals surface area contributed by atoms with Crippen LogP contribution in [0.3, 0.4) is 0 Å². The number of rotatable bonds is 6. The van der Waals surface area contributed by atoms with E-state index in [-0.39, 0.29) is 17.8 Å². The van der Waals surface area contributed by atoms with E-state index < -0.39 is 0 Å². The van der Waals surface area contributed by atoms with Gasteiger partial charge < -0.3 is 10.1 Å². The molecule has 27 heavy (non-hydrogen) atoms. The molecule has 0 bridgehead atoms. The van der Waals surface area contributed by atoms with E-state index in [1.54, 1.807) is 30.6 Å². The Labute approximate surface area is 156 Å². The third-order valence-corrected chi connectivity index (χ3v) is 3.81. The Morgan fingerprint density at radius 1 is 1.11 bits per heavy atom. The first-order valence-corrected chi connectivity index (χ1v) is 8.38. The largest absolute Gasteiger partial charge is 0.454 e. The predicted octanol–water partition coefficient (Wildman–Crippen LogP) is 4.30. The van der Waals surface area contributed by atoms with Gasteiger partial charge in [-0.05, 0) is 36.8 Å². The molecule has 0 spiro atoms. The minimum atomic E-state index is -0.371. The Morgan fingerprint density at radius 3 is 2.67 bits per heavy atom. The number of carbonyl (C=O) groups excluding carboxylic acids is 1. The molecule has 0 radical (unpaired) electrons. The van der Waals surface area contributed by atoms with Crippen LogP contribution in [-0.2, 0) is 4.79 Å². The molecule has 0 saturated heterocycles. The van der Waals surface area contributed by atoms with E-state index in [0.717, 1.165) is 5.56 Å². The summed E-state index contributed by atoms with van der Waals surface area (Å²) in [6, 6.07) is 13.4. The highest BCUT2D eigenvalue weighted by molar-refractivity contribution is 5.92. The maximum atomic E-state index is 13.6. The number of nitrogens with one attached hydrogen (secondary N) is 1. The zero-order valence-corrected chi connectivity index (χ0v) is 14.7. The first kappa shape index (κ1) is 18.3. The standard InChI is InChI=1S/C21H18FN3O2/c1-15(25-21(26)10-9-16-5-2-3-8-20(16)22)17-6-4-7-18(11-17)27-19-12-23-14-24-13-19/h2-15H,1H3,(H,25,26)/t15-/m0/s1. The zero-order chi connectivity index (χ0) is 19.1. The number of ether oxygens (including phenoxy) is 1. The second kappa shape index (κ2) is 8.71. The molecule has 3 rings (SSSR count). The van der Waals surface area contributed by atoms with E-state index in [4.69, 9.17) is 4.74 Å². The second-order valence-corrected chi connectivity index (χ2v) is 5.83. The van der Waals surface area contributed by atoms with Gasteiger partial charge in [-0.2, -0.15) is 0 Å². The number of aromatic nitrogens is 2. The topological polar surface area (TPSA) is 64.1 Å². The first-order chi connectivity index (χ1) is 13.1. The molecule has 6 heteroatoms. The van der Waals surface area contributed by atoms with Crippen LogP contribution in [0.2, 0.25) is 0 Å². The molecule has 1 amide bonds. The fourth-order valence-corrected chi connectivity index (χ4v) is 2.44. The molecule has 0 fully saturated rings. The summed E-state index contributed by atoms with van der Waals surface area (Å²) in [5.74, 6) is 0.460. The number of halogens is 1. The SMILES string of the molecule is C[C@H](NC(=O)C=Cc1ccccc1F)c1cccc(Oc2cncnc2)c1. The molecule has 0 aliphatic heterocycles. The van der Waals surface area contributed by atoms with Crippen molar-refractivity contribution in [3.05, 3.63) is 90.3 Å². The first-order valence-electron chi connectivity index (χ1n) is 8.38. The lowest BCUT2D eigenvalue weighted by atomic mass is 10.1. The highest BCUT2D eigenvalue weighted by Crippen LogP contribution is 2.23. The van der Waals surface area contributed by atoms with Gasteiger partial charge in [0.05, 0.1) is 18.4 Å². The van der Waals surface area contributed by atoms with Crippen LogP contribution in [0.25, 0.3) is 6.08 Å². The van der Waals surface area contributed by atoms with Gasteiger partial charge >= 0.3 is 0 Å². The van der Waals surface area contributed by atoms with Gasteiger partial charge in [0, 0.05) is 11.6 Å². The monoisotopic (exact) mass is 363 g/mol. The Hall–Kier alpha value is -3.54. The van der Waals surface area contributed by atoms with Crippen molar-refractivity contribution >= 4 is 12.0 Å². The van der Waals surface area contributed by atoms with Gasteiger partial charge in [0.15, 0.2) is 5.75 Å². The van der Waals surface area contributed by atoms with Crippen molar-refractivity contribution in [2.24, 2.45) is 0 Å². The molecular formula is C21H18FN3O2. The average Bonchev–Trinajstić information content (AvgIpc) is 2.68. The number of benzene rings is 2. The molecule has 5 nitrogen and oxygen atoms in total. The minimum Gasteiger partial charge on any atom is -0.454 e. The maximum Gasteiger partial charge on any atom is 0.244 e. The van der Waals surface area contributed by atoms with Crippen LogP contribution in [0.4, 0.5) is 4.39 Å². The summed E-state index contributed by atoms with van der Waals surface area (Å²) < 4.78 is 19.3. The quantitative estimate of drug-likeness (QED) is 0.663. The molecule has 1 heterocycles. The third kappa shape index (κ3) is 5.22. The van der Waals surface area contributed by atoms with E-state index in [9.17, 15) is 9.18 Å². The molecule has 0 aliphatic rings. The number of hydrogen-bond donors (Lipinski definition) is 1. The zero-order valence-electron chi connectivity index (χ0n) is 14.7. The van der Waals surface area contributed by atoms with Crippen LogP contribution >= 0.6 is 0 Å². The van der Waals surface area contributed by atoms with Gasteiger partial charge in [0.1, 0.15) is 17.9 Å². The van der Waals surface area contributed by atoms with Crippen molar-refractivity contribution < 1.29 is 13.9 Å². The summed E-state index contributed by atoms with van der Waals surface area (Å²) in [6.45, 7) is 1.86. The second-order valence-electron chi connectivity index (χ2n) is 5.83. The lowest BCUT2D eigenvalue weighted by Crippen LogP contribution is -2.24. The fourth-order valence-electron chi connectivity index (χ4n) is 2.44. The fraction of sp³-hybridized carbons (Fsp3) is 0.0952. The Morgan fingerprint density at radius 2 is 1.89 bits per heavy atom. The Bertz CT molecular complexity index is 945. The Balaban J connectivity index is 1.63. The highest BCUT2D eigenvalue weighted by atomic mass is 19.1. The van der Waals surface area contributed by atoms with Gasteiger partial charge in [-0.1, -0.05) is 30.3 Å². The van der Waals surface area contributed by atoms with Gasteiger partial charge in [-0.3, -0.25) is 4.79 Å². The van der Waals surface area contributed by atoms with Gasteiger partial charge in [0.2, 0.25) is 5.91 Å². The van der Waals surface area contributed by atoms with Crippen molar-refractivity contribution in [2.75, 3.05) is 0 Å². The number of amides is 1. The molecule has 1 aromatic heterocycles. The van der Waals surface area contributed by atoms with Crippen LogP contribution < -0.4 is 10.1 Å². The average molecular weight is 363 g/mol. The van der Waals surface area contributed by atoms with Crippen molar-refractivity contribution in [1.82, 2.24) is 15.3 Å². The number of hydrogen-bond acceptors (Lipinski definition) is 4. The number of nitrogens with zero attached hydrogens (tertiary/aromatic N) is 2. The molecule has 1 atom stereocenters. The van der Waals surface area contributed by atoms with Crippen molar-refractivity contribution in [2.45, 2.75) is 13.0 Å². The van der Waals surface area contributed by atoms with E-state index in [1.807, 2.05) is 31.2 Å². The summed E-state index contributed by atoms with van der Waals surface area (Å²) in [5, 5.41) is 2.85. The smallest absolute Gasteiger partial charge is 0.244 e. The van der Waals surface area contributed by atoms with Crippen molar-refractivity contribution in [3.63, 3.8) is 0 Å². The van der Waals surface area contributed by atoms with Crippen molar-refractivity contribution in [1.29, 1.82) is 0 Å². The Kier molecular flexibility index (Phi) is 5.89. The maximum absolute atomic E-state index is 13.6. The van der Waals surface area contributed by atoms with Crippen molar-refractivity contribution in [3.8, 4) is 11.5 Å². The molecular weight excluding hydrogens is 345 g/mol. The molecule has 0 aliphatic carbocycles. The van der Waals surface area contributed by atoms with E-state index in [1.165, 1.54) is 24.5 Å². The van der Waals surface area contributed by atoms with Crippen LogP contribution in [0.1, 0.15) is 24.1 Å². The van der Waals surface area contributed by atoms with E-state index in [2.05, 4.69) is 15.3 Å². The van der Waals surface area contributed by atoms with Crippen LogP contribution in [0.15, 0.2) is 73.3 Å². The van der Waals surface area contributed by atoms with Crippen LogP contribution in [0, 0.1) is 5.82 Å². The summed E-state index contributed by atoms with van der Waals surface area (Å²) in [6.07, 6.45) is 7.33. The molecule has 136 valence electrons. The summed E-state index contributed by atoms with van der Waals surface area (Å²) in [7, 11) is 0. The molecule has 0 unspecified atom stereocenters. The molecule has 1 N–H and O–H groups in total. The summed E-state index contributed by atoms with van der Waals surface area (Å²) in [5.41, 5.74) is 1.23.